The molecule has 0 fully saturated rings. The van der Waals surface area contributed by atoms with Crippen LogP contribution in [0.4, 0.5) is 4.79 Å². The first-order valence-corrected chi connectivity index (χ1v) is 12.6. The normalized spacial score (nSPS) is 16.3. The summed E-state index contributed by atoms with van der Waals surface area (Å²) in [5, 5.41) is 7.37. The van der Waals surface area contributed by atoms with E-state index in [1.54, 1.807) is 16.7 Å². The summed E-state index contributed by atoms with van der Waals surface area (Å²) >= 11 is 1.68. The lowest BCUT2D eigenvalue weighted by Gasteiger charge is -2.35. The van der Waals surface area contributed by atoms with Gasteiger partial charge in [0, 0.05) is 29.3 Å². The van der Waals surface area contributed by atoms with Crippen LogP contribution in [0.3, 0.4) is 0 Å². The Kier molecular flexibility index (Phi) is 7.70. The molecule has 1 aromatic heterocycles. The van der Waals surface area contributed by atoms with Gasteiger partial charge in [-0.25, -0.2) is 4.79 Å². The molecule has 1 aliphatic rings. The largest absolute Gasteiger partial charge is 0.379 e. The fourth-order valence-corrected chi connectivity index (χ4v) is 4.36. The van der Waals surface area contributed by atoms with Crippen molar-refractivity contribution in [1.29, 1.82) is 0 Å². The van der Waals surface area contributed by atoms with E-state index in [9.17, 15) is 4.79 Å². The van der Waals surface area contributed by atoms with E-state index in [2.05, 4.69) is 22.6 Å². The van der Waals surface area contributed by atoms with Crippen LogP contribution in [-0.4, -0.2) is 46.6 Å². The van der Waals surface area contributed by atoms with Crippen LogP contribution >= 0.6 is 11.8 Å². The van der Waals surface area contributed by atoms with E-state index in [0.29, 0.717) is 24.9 Å². The number of hydrogen-bond donors (Lipinski definition) is 1. The zero-order chi connectivity index (χ0) is 24.1. The standard InChI is InChI=1S/C26H30N4O3S/c1-17(2)32-16-8-15-30-18(3)22(25-28-24(29-33-25)20-9-6-5-7-10-20)23(27-26(30)31)19-11-13-21(34-4)14-12-19/h5-7,9-14,17,23H,8,15-16H2,1-4H3,(H,27,31). The summed E-state index contributed by atoms with van der Waals surface area (Å²) in [4.78, 5) is 20.7. The Morgan fingerprint density at radius 2 is 1.88 bits per heavy atom. The molecule has 0 bridgehead atoms. The summed E-state index contributed by atoms with van der Waals surface area (Å²) in [6, 6.07) is 17.3. The first-order valence-electron chi connectivity index (χ1n) is 11.4. The summed E-state index contributed by atoms with van der Waals surface area (Å²) in [6.45, 7) is 7.06. The molecule has 1 N–H and O–H groups in total. The van der Waals surface area contributed by atoms with E-state index in [1.165, 1.54) is 0 Å². The maximum absolute atomic E-state index is 13.1. The van der Waals surface area contributed by atoms with E-state index in [4.69, 9.17) is 14.2 Å². The molecule has 34 heavy (non-hydrogen) atoms. The predicted molar refractivity (Wildman–Crippen MR) is 134 cm³/mol. The summed E-state index contributed by atoms with van der Waals surface area (Å²) in [7, 11) is 0. The molecule has 178 valence electrons. The Bertz CT molecular complexity index is 1140. The van der Waals surface area contributed by atoms with Gasteiger partial charge in [0.1, 0.15) is 0 Å². The van der Waals surface area contributed by atoms with E-state index in [-0.39, 0.29) is 12.1 Å². The zero-order valence-corrected chi connectivity index (χ0v) is 20.8. The van der Waals surface area contributed by atoms with Gasteiger partial charge >= 0.3 is 6.03 Å². The third-order valence-electron chi connectivity index (χ3n) is 5.71. The number of hydrogen-bond acceptors (Lipinski definition) is 6. The van der Waals surface area contributed by atoms with Crippen molar-refractivity contribution < 1.29 is 14.1 Å². The number of carbonyl (C=O) groups is 1. The average Bonchev–Trinajstić information content (AvgIpc) is 3.33. The predicted octanol–water partition coefficient (Wildman–Crippen LogP) is 5.77. The van der Waals surface area contributed by atoms with Gasteiger partial charge in [-0.15, -0.1) is 11.8 Å². The minimum absolute atomic E-state index is 0.146. The zero-order valence-electron chi connectivity index (χ0n) is 19.9. The highest BCUT2D eigenvalue weighted by molar-refractivity contribution is 7.98. The number of urea groups is 1. The molecule has 4 rings (SSSR count). The van der Waals surface area contributed by atoms with Crippen molar-refractivity contribution in [3.05, 3.63) is 71.7 Å². The highest BCUT2D eigenvalue weighted by Crippen LogP contribution is 2.37. The molecule has 0 aliphatic carbocycles. The van der Waals surface area contributed by atoms with E-state index < -0.39 is 6.04 Å². The van der Waals surface area contributed by atoms with Crippen LogP contribution in [-0.2, 0) is 4.74 Å². The number of ether oxygens (including phenoxy) is 1. The summed E-state index contributed by atoms with van der Waals surface area (Å²) in [6.07, 6.45) is 2.92. The maximum atomic E-state index is 13.1. The number of allylic oxidation sites excluding steroid dienone is 1. The Hall–Kier alpha value is -3.10. The maximum Gasteiger partial charge on any atom is 0.322 e. The topological polar surface area (TPSA) is 80.5 Å². The fraction of sp³-hybridized carbons (Fsp3) is 0.346. The Balaban J connectivity index is 1.70. The monoisotopic (exact) mass is 478 g/mol. The molecule has 2 aromatic carbocycles. The fourth-order valence-electron chi connectivity index (χ4n) is 3.95. The number of aromatic nitrogens is 2. The van der Waals surface area contributed by atoms with Crippen molar-refractivity contribution in [3.8, 4) is 11.4 Å². The number of nitrogens with zero attached hydrogens (tertiary/aromatic N) is 3. The van der Waals surface area contributed by atoms with Crippen molar-refractivity contribution in [2.24, 2.45) is 0 Å². The molecule has 8 heteroatoms. The lowest BCUT2D eigenvalue weighted by Crippen LogP contribution is -2.46. The minimum Gasteiger partial charge on any atom is -0.379 e. The van der Waals surface area contributed by atoms with Gasteiger partial charge in [0.25, 0.3) is 5.89 Å². The highest BCUT2D eigenvalue weighted by atomic mass is 32.2. The van der Waals surface area contributed by atoms with Crippen LogP contribution in [0.1, 0.15) is 44.7 Å². The van der Waals surface area contributed by atoms with Gasteiger partial charge in [-0.1, -0.05) is 47.6 Å². The van der Waals surface area contributed by atoms with Gasteiger partial charge in [0.05, 0.1) is 17.7 Å². The number of amides is 2. The van der Waals surface area contributed by atoms with Gasteiger partial charge in [-0.3, -0.25) is 4.90 Å². The molecule has 2 heterocycles. The van der Waals surface area contributed by atoms with Gasteiger partial charge in [-0.05, 0) is 51.1 Å². The van der Waals surface area contributed by atoms with Crippen molar-refractivity contribution in [2.75, 3.05) is 19.4 Å². The smallest absolute Gasteiger partial charge is 0.322 e. The molecule has 1 atom stereocenters. The summed E-state index contributed by atoms with van der Waals surface area (Å²) in [5.74, 6) is 0.917. The third kappa shape index (κ3) is 5.34. The molecule has 3 aromatic rings. The van der Waals surface area contributed by atoms with E-state index >= 15 is 0 Å². The first kappa shape index (κ1) is 24.0. The number of thioether (sulfide) groups is 1. The van der Waals surface area contributed by atoms with Crippen molar-refractivity contribution in [2.45, 2.75) is 44.2 Å². The molecular weight excluding hydrogens is 448 g/mol. The van der Waals surface area contributed by atoms with Crippen molar-refractivity contribution in [3.63, 3.8) is 0 Å². The molecule has 7 nitrogen and oxygen atoms in total. The molecule has 1 unspecified atom stereocenters. The first-order chi connectivity index (χ1) is 16.5. The second-order valence-electron chi connectivity index (χ2n) is 8.37. The number of carbonyl (C=O) groups excluding carboxylic acids is 1. The Labute approximate surface area is 204 Å². The molecule has 0 saturated carbocycles. The second kappa shape index (κ2) is 10.9. The van der Waals surface area contributed by atoms with Crippen molar-refractivity contribution >= 4 is 23.4 Å². The van der Waals surface area contributed by atoms with Gasteiger partial charge in [-0.2, -0.15) is 4.98 Å². The van der Waals surface area contributed by atoms with Crippen LogP contribution in [0.15, 0.2) is 69.7 Å². The lowest BCUT2D eigenvalue weighted by molar-refractivity contribution is 0.0736. The van der Waals surface area contributed by atoms with Gasteiger partial charge in [0.15, 0.2) is 0 Å². The van der Waals surface area contributed by atoms with Crippen LogP contribution in [0.5, 0.6) is 0 Å². The quantitative estimate of drug-likeness (QED) is 0.311. The SMILES string of the molecule is CSc1ccc(C2NC(=O)N(CCCOC(C)C)C(C)=C2c2nc(-c3ccccc3)no2)cc1. The Morgan fingerprint density at radius 3 is 2.56 bits per heavy atom. The summed E-state index contributed by atoms with van der Waals surface area (Å²) in [5.41, 5.74) is 3.44. The molecule has 1 aliphatic heterocycles. The number of nitrogens with one attached hydrogen (secondary N) is 1. The second-order valence-corrected chi connectivity index (χ2v) is 9.25. The number of rotatable bonds is 9. The Morgan fingerprint density at radius 1 is 1.15 bits per heavy atom. The van der Waals surface area contributed by atoms with Crippen LogP contribution in [0, 0.1) is 0 Å². The lowest BCUT2D eigenvalue weighted by atomic mass is 9.94. The summed E-state index contributed by atoms with van der Waals surface area (Å²) < 4.78 is 11.4. The van der Waals surface area contributed by atoms with Gasteiger partial charge in [0.2, 0.25) is 5.82 Å². The average molecular weight is 479 g/mol. The molecule has 2 amide bonds. The highest BCUT2D eigenvalue weighted by Gasteiger charge is 2.35. The van der Waals surface area contributed by atoms with Crippen LogP contribution in [0.25, 0.3) is 17.0 Å². The van der Waals surface area contributed by atoms with E-state index in [1.807, 2.05) is 69.5 Å². The van der Waals surface area contributed by atoms with Crippen LogP contribution < -0.4 is 5.32 Å². The molecular formula is C26H30N4O3S. The van der Waals surface area contributed by atoms with E-state index in [0.717, 1.165) is 33.7 Å². The van der Waals surface area contributed by atoms with Crippen molar-refractivity contribution in [1.82, 2.24) is 20.4 Å². The van der Waals surface area contributed by atoms with Crippen LogP contribution in [0.2, 0.25) is 0 Å². The third-order valence-corrected chi connectivity index (χ3v) is 6.45. The number of benzene rings is 2. The molecule has 0 saturated heterocycles. The minimum atomic E-state index is -0.393. The molecule has 0 spiro atoms. The molecule has 0 radical (unpaired) electrons. The van der Waals surface area contributed by atoms with Gasteiger partial charge < -0.3 is 14.6 Å².